The van der Waals surface area contributed by atoms with E-state index in [4.69, 9.17) is 9.47 Å². The molecule has 0 saturated carbocycles. The van der Waals surface area contributed by atoms with Crippen molar-refractivity contribution in [2.45, 2.75) is 19.9 Å². The molecular weight excluding hydrogens is 282 g/mol. The molecule has 0 radical (unpaired) electrons. The maximum Gasteiger partial charge on any atom is 0.119 e. The summed E-state index contributed by atoms with van der Waals surface area (Å²) in [6, 6.07) is 8.45. The predicted molar refractivity (Wildman–Crippen MR) is 72.4 cm³/mol. The molecule has 0 spiro atoms. The molecule has 0 amide bonds. The maximum atomic E-state index is 5.53. The monoisotopic (exact) mass is 302 g/mol. The van der Waals surface area contributed by atoms with Gasteiger partial charge in [-0.15, -0.1) is 0 Å². The second-order valence-electron chi connectivity index (χ2n) is 4.18. The van der Waals surface area contributed by atoms with Gasteiger partial charge in [0.2, 0.25) is 0 Å². The zero-order chi connectivity index (χ0) is 12.5. The third-order valence-corrected chi connectivity index (χ3v) is 2.74. The Balaban J connectivity index is 1.99. The molecule has 0 atom stereocenters. The van der Waals surface area contributed by atoms with Crippen LogP contribution in [0.3, 0.4) is 0 Å². The first-order valence-electron chi connectivity index (χ1n) is 5.98. The van der Waals surface area contributed by atoms with Crippen LogP contribution in [0.2, 0.25) is 0 Å². The van der Waals surface area contributed by atoms with Gasteiger partial charge in [0.05, 0.1) is 25.8 Å². The molecule has 0 unspecified atom stereocenters. The van der Waals surface area contributed by atoms with Gasteiger partial charge in [0.25, 0.3) is 0 Å². The van der Waals surface area contributed by atoms with Gasteiger partial charge in [0.1, 0.15) is 12.4 Å². The lowest BCUT2D eigenvalue weighted by atomic mass is 10.3. The van der Waals surface area contributed by atoms with Gasteiger partial charge < -0.3 is 14.8 Å². The number of benzene rings is 1. The van der Waals surface area contributed by atoms with Crippen molar-refractivity contribution in [2.24, 2.45) is 0 Å². The summed E-state index contributed by atoms with van der Waals surface area (Å²) >= 11 is 3.38. The highest BCUT2D eigenvalue weighted by molar-refractivity contribution is 9.10. The summed E-state index contributed by atoms with van der Waals surface area (Å²) in [4.78, 5) is 0. The van der Waals surface area contributed by atoms with Crippen LogP contribution in [-0.4, -0.2) is 32.4 Å². The molecule has 17 heavy (non-hydrogen) atoms. The number of ether oxygens (including phenoxy) is 2. The minimum atomic E-state index is 0.601. The van der Waals surface area contributed by atoms with Gasteiger partial charge in [-0.05, 0) is 38.1 Å². The topological polar surface area (TPSA) is 35.1 Å². The molecule has 0 aliphatic rings. The molecular formula is C13H21BrNO2+. The Morgan fingerprint density at radius 2 is 1.82 bits per heavy atom. The number of quaternary nitrogens is 1. The van der Waals surface area contributed by atoms with Crippen molar-refractivity contribution in [3.05, 3.63) is 28.7 Å². The fourth-order valence-corrected chi connectivity index (χ4v) is 1.60. The molecule has 96 valence electrons. The molecule has 0 heterocycles. The third kappa shape index (κ3) is 7.36. The first kappa shape index (κ1) is 14.5. The quantitative estimate of drug-likeness (QED) is 0.744. The van der Waals surface area contributed by atoms with Crippen molar-refractivity contribution in [3.63, 3.8) is 0 Å². The molecule has 1 aromatic rings. The standard InChI is InChI=1S/C13H20BrNO2/c1-11(2)15-7-8-16-9-10-17-13-5-3-12(14)4-6-13/h3-6,11,15H,7-10H2,1-2H3/p+1. The molecule has 1 rings (SSSR count). The van der Waals surface area contributed by atoms with Crippen molar-refractivity contribution >= 4 is 15.9 Å². The van der Waals surface area contributed by atoms with Crippen molar-refractivity contribution in [2.75, 3.05) is 26.4 Å². The fourth-order valence-electron chi connectivity index (χ4n) is 1.34. The van der Waals surface area contributed by atoms with Gasteiger partial charge in [-0.25, -0.2) is 0 Å². The van der Waals surface area contributed by atoms with E-state index in [9.17, 15) is 0 Å². The summed E-state index contributed by atoms with van der Waals surface area (Å²) in [5.41, 5.74) is 0. The van der Waals surface area contributed by atoms with Crippen LogP contribution < -0.4 is 10.1 Å². The largest absolute Gasteiger partial charge is 0.491 e. The average molecular weight is 303 g/mol. The second kappa shape index (κ2) is 8.50. The number of hydrogen-bond acceptors (Lipinski definition) is 2. The Hall–Kier alpha value is -0.580. The second-order valence-corrected chi connectivity index (χ2v) is 5.10. The summed E-state index contributed by atoms with van der Waals surface area (Å²) in [6.45, 7) is 7.39. The number of halogens is 1. The van der Waals surface area contributed by atoms with E-state index in [2.05, 4.69) is 35.1 Å². The number of nitrogens with two attached hydrogens (primary N) is 1. The van der Waals surface area contributed by atoms with Gasteiger partial charge in [-0.2, -0.15) is 0 Å². The minimum Gasteiger partial charge on any atom is -0.491 e. The normalized spacial score (nSPS) is 10.8. The number of hydrogen-bond donors (Lipinski definition) is 1. The lowest BCUT2D eigenvalue weighted by Crippen LogP contribution is -2.89. The zero-order valence-electron chi connectivity index (χ0n) is 10.5. The first-order chi connectivity index (χ1) is 8.18. The fraction of sp³-hybridized carbons (Fsp3) is 0.538. The smallest absolute Gasteiger partial charge is 0.119 e. The third-order valence-electron chi connectivity index (χ3n) is 2.21. The van der Waals surface area contributed by atoms with Gasteiger partial charge in [-0.1, -0.05) is 15.9 Å². The summed E-state index contributed by atoms with van der Waals surface area (Å²) < 4.78 is 12.1. The Morgan fingerprint density at radius 3 is 2.47 bits per heavy atom. The molecule has 1 aromatic carbocycles. The van der Waals surface area contributed by atoms with Crippen LogP contribution in [0, 0.1) is 0 Å². The highest BCUT2D eigenvalue weighted by Gasteiger charge is 1.96. The van der Waals surface area contributed by atoms with Crippen molar-refractivity contribution in [3.8, 4) is 5.75 Å². The lowest BCUT2D eigenvalue weighted by Gasteiger charge is -2.08. The van der Waals surface area contributed by atoms with Crippen LogP contribution >= 0.6 is 15.9 Å². The highest BCUT2D eigenvalue weighted by atomic mass is 79.9. The highest BCUT2D eigenvalue weighted by Crippen LogP contribution is 2.15. The summed E-state index contributed by atoms with van der Waals surface area (Å²) in [6.07, 6.45) is 0. The lowest BCUT2D eigenvalue weighted by molar-refractivity contribution is -0.684. The van der Waals surface area contributed by atoms with Crippen LogP contribution in [0.1, 0.15) is 13.8 Å². The van der Waals surface area contributed by atoms with Gasteiger partial charge in [0.15, 0.2) is 0 Å². The van der Waals surface area contributed by atoms with E-state index >= 15 is 0 Å². The van der Waals surface area contributed by atoms with Gasteiger partial charge in [0, 0.05) is 4.47 Å². The maximum absolute atomic E-state index is 5.53. The predicted octanol–water partition coefficient (Wildman–Crippen LogP) is 1.82. The van der Waals surface area contributed by atoms with Crippen LogP contribution in [0.25, 0.3) is 0 Å². The molecule has 0 saturated heterocycles. The van der Waals surface area contributed by atoms with E-state index in [-0.39, 0.29) is 0 Å². The molecule has 0 aliphatic heterocycles. The first-order valence-corrected chi connectivity index (χ1v) is 6.77. The minimum absolute atomic E-state index is 0.601. The summed E-state index contributed by atoms with van der Waals surface area (Å²) in [5.74, 6) is 0.880. The molecule has 4 heteroatoms. The summed E-state index contributed by atoms with van der Waals surface area (Å²) in [7, 11) is 0. The Kier molecular flexibility index (Phi) is 7.24. The van der Waals surface area contributed by atoms with Crippen LogP contribution in [0.15, 0.2) is 28.7 Å². The Morgan fingerprint density at radius 1 is 1.12 bits per heavy atom. The van der Waals surface area contributed by atoms with E-state index in [0.717, 1.165) is 23.4 Å². The molecule has 2 N–H and O–H groups in total. The zero-order valence-corrected chi connectivity index (χ0v) is 12.1. The van der Waals surface area contributed by atoms with Crippen LogP contribution in [0.4, 0.5) is 0 Å². The van der Waals surface area contributed by atoms with E-state index in [1.54, 1.807) is 0 Å². The number of rotatable bonds is 8. The Labute approximate surface area is 112 Å². The molecule has 3 nitrogen and oxygen atoms in total. The SMILES string of the molecule is CC(C)[NH2+]CCOCCOc1ccc(Br)cc1. The Bertz CT molecular complexity index is 301. The van der Waals surface area contributed by atoms with Crippen molar-refractivity contribution in [1.29, 1.82) is 0 Å². The average Bonchev–Trinajstić information content (AvgIpc) is 2.30. The van der Waals surface area contributed by atoms with Crippen molar-refractivity contribution in [1.82, 2.24) is 0 Å². The van der Waals surface area contributed by atoms with E-state index < -0.39 is 0 Å². The van der Waals surface area contributed by atoms with Gasteiger partial charge >= 0.3 is 0 Å². The van der Waals surface area contributed by atoms with E-state index in [1.165, 1.54) is 0 Å². The molecule has 0 fully saturated rings. The van der Waals surface area contributed by atoms with E-state index in [0.29, 0.717) is 19.3 Å². The van der Waals surface area contributed by atoms with E-state index in [1.807, 2.05) is 24.3 Å². The van der Waals surface area contributed by atoms with Gasteiger partial charge in [-0.3, -0.25) is 0 Å². The van der Waals surface area contributed by atoms with Crippen molar-refractivity contribution < 1.29 is 14.8 Å². The molecule has 0 bridgehead atoms. The summed E-state index contributed by atoms with van der Waals surface area (Å²) in [5, 5.41) is 2.26. The van der Waals surface area contributed by atoms with Crippen LogP contribution in [-0.2, 0) is 4.74 Å². The molecule has 0 aliphatic carbocycles. The molecule has 0 aromatic heterocycles. The van der Waals surface area contributed by atoms with Crippen LogP contribution in [0.5, 0.6) is 5.75 Å².